The number of carbonyl (C=O) groups is 1. The molecule has 1 amide bonds. The van der Waals surface area contributed by atoms with Crippen LogP contribution in [0.1, 0.15) is 24.5 Å². The monoisotopic (exact) mass is 573 g/mol. The van der Waals surface area contributed by atoms with Crippen LogP contribution < -0.4 is 9.50 Å². The van der Waals surface area contributed by atoms with Gasteiger partial charge in [0.05, 0.1) is 11.5 Å². The Hall–Kier alpha value is -1.69. The Morgan fingerprint density at radius 1 is 1.23 bits per heavy atom. The van der Waals surface area contributed by atoms with E-state index in [0.29, 0.717) is 26.1 Å². The van der Waals surface area contributed by atoms with Crippen LogP contribution in [0.25, 0.3) is 0 Å². The number of rotatable bonds is 6. The zero-order valence-electron chi connectivity index (χ0n) is 15.9. The van der Waals surface area contributed by atoms with Crippen LogP contribution in [0, 0.1) is 6.92 Å². The van der Waals surface area contributed by atoms with E-state index in [1.807, 2.05) is 13.8 Å². The number of carbonyl (C=O) groups excluding carboxylic acids is 1. The van der Waals surface area contributed by atoms with Gasteiger partial charge in [0, 0.05) is 14.5 Å². The molecule has 1 N–H and O–H groups in total. The van der Waals surface area contributed by atoms with Crippen molar-refractivity contribution >= 4 is 71.0 Å². The number of thioether (sulfide) groups is 1. The molecule has 1 saturated heterocycles. The molecule has 0 aromatic heterocycles. The molecular formula is C19H17Br2N3O4S2. The van der Waals surface area contributed by atoms with Gasteiger partial charge in [-0.25, -0.2) is 0 Å². The smallest absolute Gasteiger partial charge is 0.340 e. The molecule has 1 aliphatic rings. The van der Waals surface area contributed by atoms with Crippen LogP contribution in [0.5, 0.6) is 5.75 Å². The van der Waals surface area contributed by atoms with Crippen LogP contribution in [0.2, 0.25) is 0 Å². The van der Waals surface area contributed by atoms with E-state index < -0.39 is 10.1 Å². The van der Waals surface area contributed by atoms with Crippen LogP contribution >= 0.6 is 43.6 Å². The minimum atomic E-state index is -4.10. The zero-order valence-corrected chi connectivity index (χ0v) is 20.7. The SMILES string of the molecule is CC[C@@H]1S/C(=N\N=C/c2cc(C)ccc2OS(=O)(=O)c2cc(Br)ccc2Br)NC1=O. The van der Waals surface area contributed by atoms with E-state index in [2.05, 4.69) is 47.4 Å². The molecule has 0 bridgehead atoms. The summed E-state index contributed by atoms with van der Waals surface area (Å²) in [7, 11) is -4.10. The minimum absolute atomic E-state index is 0.00347. The maximum Gasteiger partial charge on any atom is 0.340 e. The Balaban J connectivity index is 1.87. The number of benzene rings is 2. The third-order valence-corrected chi connectivity index (χ3v) is 7.98. The highest BCUT2D eigenvalue weighted by Crippen LogP contribution is 2.30. The fraction of sp³-hybridized carbons (Fsp3) is 0.211. The first kappa shape index (κ1) is 23.0. The highest BCUT2D eigenvalue weighted by atomic mass is 79.9. The van der Waals surface area contributed by atoms with E-state index in [4.69, 9.17) is 4.18 Å². The maximum atomic E-state index is 12.8. The lowest BCUT2D eigenvalue weighted by Gasteiger charge is -2.11. The number of nitrogens with one attached hydrogen (secondary N) is 1. The van der Waals surface area contributed by atoms with Crippen molar-refractivity contribution in [2.75, 3.05) is 0 Å². The summed E-state index contributed by atoms with van der Waals surface area (Å²) in [5.74, 6) is 0.0210. The summed E-state index contributed by atoms with van der Waals surface area (Å²) in [5.41, 5.74) is 1.34. The number of nitrogens with zero attached hydrogens (tertiary/aromatic N) is 2. The summed E-state index contributed by atoms with van der Waals surface area (Å²) in [6.07, 6.45) is 2.09. The van der Waals surface area contributed by atoms with Gasteiger partial charge < -0.3 is 9.50 Å². The topological polar surface area (TPSA) is 97.2 Å². The summed E-state index contributed by atoms with van der Waals surface area (Å²) in [4.78, 5) is 11.7. The number of aryl methyl sites for hydroxylation is 1. The van der Waals surface area contributed by atoms with Gasteiger partial charge in [0.2, 0.25) is 5.91 Å². The molecule has 2 aromatic carbocycles. The molecule has 1 atom stereocenters. The lowest BCUT2D eigenvalue weighted by Crippen LogP contribution is -2.24. The number of amidine groups is 1. The van der Waals surface area contributed by atoms with Gasteiger partial charge in [-0.1, -0.05) is 46.2 Å². The van der Waals surface area contributed by atoms with E-state index >= 15 is 0 Å². The highest BCUT2D eigenvalue weighted by molar-refractivity contribution is 9.11. The number of amides is 1. The fourth-order valence-corrected chi connectivity index (χ4v) is 5.81. The molecule has 0 aliphatic carbocycles. The molecule has 3 rings (SSSR count). The second-order valence-corrected chi connectivity index (χ2v) is 10.8. The largest absolute Gasteiger partial charge is 0.378 e. The van der Waals surface area contributed by atoms with Gasteiger partial charge in [-0.3, -0.25) is 4.79 Å². The van der Waals surface area contributed by atoms with E-state index in [9.17, 15) is 13.2 Å². The molecule has 1 fully saturated rings. The lowest BCUT2D eigenvalue weighted by atomic mass is 10.1. The second-order valence-electron chi connectivity index (χ2n) is 6.31. The summed E-state index contributed by atoms with van der Waals surface area (Å²) >= 11 is 7.82. The normalized spacial score (nSPS) is 18.2. The Morgan fingerprint density at radius 3 is 2.70 bits per heavy atom. The Bertz CT molecular complexity index is 1150. The number of hydrogen-bond donors (Lipinski definition) is 1. The van der Waals surface area contributed by atoms with Crippen molar-refractivity contribution in [3.05, 3.63) is 56.5 Å². The first-order valence-electron chi connectivity index (χ1n) is 8.78. The summed E-state index contributed by atoms with van der Waals surface area (Å²) in [6.45, 7) is 3.79. The lowest BCUT2D eigenvalue weighted by molar-refractivity contribution is -0.118. The standard InChI is InChI=1S/C19H17Br2N3O4S2/c1-3-16-18(25)23-19(29-16)24-22-10-12-8-11(2)4-7-15(12)28-30(26,27)17-9-13(20)5-6-14(17)21/h4-10,16H,3H2,1-2H3,(H,23,24,25)/b22-10-/t16-/m0/s1. The van der Waals surface area contributed by atoms with Crippen molar-refractivity contribution < 1.29 is 17.4 Å². The van der Waals surface area contributed by atoms with Gasteiger partial charge in [-0.2, -0.15) is 13.5 Å². The third kappa shape index (κ3) is 5.51. The quantitative estimate of drug-likeness (QED) is 0.308. The van der Waals surface area contributed by atoms with E-state index in [-0.39, 0.29) is 21.8 Å². The van der Waals surface area contributed by atoms with Crippen molar-refractivity contribution in [1.29, 1.82) is 0 Å². The average molecular weight is 575 g/mol. The highest BCUT2D eigenvalue weighted by Gasteiger charge is 2.28. The zero-order chi connectivity index (χ0) is 21.9. The van der Waals surface area contributed by atoms with Crippen LogP contribution in [-0.4, -0.2) is 31.0 Å². The molecule has 11 heteroatoms. The molecule has 0 unspecified atom stereocenters. The van der Waals surface area contributed by atoms with E-state index in [1.165, 1.54) is 24.0 Å². The van der Waals surface area contributed by atoms with Crippen molar-refractivity contribution in [3.8, 4) is 5.75 Å². The third-order valence-electron chi connectivity index (χ3n) is 4.02. The van der Waals surface area contributed by atoms with Crippen molar-refractivity contribution in [2.24, 2.45) is 10.2 Å². The fourth-order valence-electron chi connectivity index (χ4n) is 2.54. The van der Waals surface area contributed by atoms with Gasteiger partial charge in [0.1, 0.15) is 4.90 Å². The molecule has 1 heterocycles. The van der Waals surface area contributed by atoms with Gasteiger partial charge in [-0.05, 0) is 59.6 Å². The van der Waals surface area contributed by atoms with Crippen LogP contribution in [0.3, 0.4) is 0 Å². The minimum Gasteiger partial charge on any atom is -0.378 e. The molecule has 30 heavy (non-hydrogen) atoms. The predicted molar refractivity (Wildman–Crippen MR) is 126 cm³/mol. The molecule has 0 radical (unpaired) electrons. The maximum absolute atomic E-state index is 12.8. The van der Waals surface area contributed by atoms with Crippen molar-refractivity contribution in [1.82, 2.24) is 5.32 Å². The summed E-state index contributed by atoms with van der Waals surface area (Å²) in [5, 5.41) is 10.9. The summed E-state index contributed by atoms with van der Waals surface area (Å²) in [6, 6.07) is 9.83. The first-order chi connectivity index (χ1) is 14.2. The molecule has 2 aromatic rings. The van der Waals surface area contributed by atoms with Crippen molar-refractivity contribution in [2.45, 2.75) is 30.4 Å². The van der Waals surface area contributed by atoms with Gasteiger partial charge in [0.15, 0.2) is 10.9 Å². The van der Waals surface area contributed by atoms with Crippen LogP contribution in [0.15, 0.2) is 60.4 Å². The summed E-state index contributed by atoms with van der Waals surface area (Å²) < 4.78 is 32.0. The predicted octanol–water partition coefficient (Wildman–Crippen LogP) is 4.62. The van der Waals surface area contributed by atoms with Gasteiger partial charge >= 0.3 is 10.1 Å². The Labute approximate surface area is 195 Å². The van der Waals surface area contributed by atoms with Crippen molar-refractivity contribution in [3.63, 3.8) is 0 Å². The Morgan fingerprint density at radius 2 is 2.00 bits per heavy atom. The molecular weight excluding hydrogens is 558 g/mol. The second kappa shape index (κ2) is 9.63. The Kier molecular flexibility index (Phi) is 7.38. The average Bonchev–Trinajstić information content (AvgIpc) is 3.05. The van der Waals surface area contributed by atoms with Gasteiger partial charge in [0.25, 0.3) is 0 Å². The number of halogens is 2. The van der Waals surface area contributed by atoms with E-state index in [0.717, 1.165) is 5.56 Å². The molecule has 0 spiro atoms. The van der Waals surface area contributed by atoms with Gasteiger partial charge in [-0.15, -0.1) is 5.10 Å². The molecule has 0 saturated carbocycles. The molecule has 158 valence electrons. The van der Waals surface area contributed by atoms with Crippen LogP contribution in [-0.2, 0) is 14.9 Å². The molecule has 1 aliphatic heterocycles. The first-order valence-corrected chi connectivity index (χ1v) is 12.7. The molecule has 7 nitrogen and oxygen atoms in total. The van der Waals surface area contributed by atoms with E-state index in [1.54, 1.807) is 30.3 Å². The van der Waals surface area contributed by atoms with Crippen LogP contribution in [0.4, 0.5) is 0 Å². The number of hydrogen-bond acceptors (Lipinski definition) is 7.